The largest absolute Gasteiger partial charge is 0.451 e. The molecule has 2 aliphatic rings. The first-order valence-electron chi connectivity index (χ1n) is 10.3. The lowest BCUT2D eigenvalue weighted by Crippen LogP contribution is -2.28. The van der Waals surface area contributed by atoms with Gasteiger partial charge in [0.15, 0.2) is 6.10 Å². The third-order valence-corrected chi connectivity index (χ3v) is 7.74. The van der Waals surface area contributed by atoms with Gasteiger partial charge in [0.25, 0.3) is 0 Å². The number of benzene rings is 2. The molecule has 1 fully saturated rings. The molecule has 30 heavy (non-hydrogen) atoms. The number of aryl methyl sites for hydroxylation is 2. The van der Waals surface area contributed by atoms with Gasteiger partial charge in [0, 0.05) is 18.7 Å². The molecule has 1 unspecified atom stereocenters. The van der Waals surface area contributed by atoms with Crippen LogP contribution >= 0.6 is 0 Å². The van der Waals surface area contributed by atoms with Crippen LogP contribution in [0.25, 0.3) is 0 Å². The number of carbonyl (C=O) groups excluding carboxylic acids is 2. The number of nitrogens with zero attached hydrogens (tertiary/aromatic N) is 1. The fraction of sp³-hybridized carbons (Fsp3) is 0.391. The zero-order chi connectivity index (χ0) is 21.3. The highest BCUT2D eigenvalue weighted by Gasteiger charge is 2.27. The quantitative estimate of drug-likeness (QED) is 0.521. The standard InChI is InChI=1S/C23H25NO5S/c1-16(22(25)20-8-7-17-5-4-6-19(17)15-20)29-23(26)18-9-11-21(12-10-18)30(27,28)24-13-2-3-14-24/h7-12,15-16H,2-6,13-14H2,1H3. The summed E-state index contributed by atoms with van der Waals surface area (Å²) in [6.45, 7) is 2.60. The number of ketones is 1. The molecule has 2 aromatic rings. The molecule has 158 valence electrons. The van der Waals surface area contributed by atoms with Crippen molar-refractivity contribution < 1.29 is 22.7 Å². The summed E-state index contributed by atoms with van der Waals surface area (Å²) >= 11 is 0. The summed E-state index contributed by atoms with van der Waals surface area (Å²) in [5, 5.41) is 0. The van der Waals surface area contributed by atoms with Crippen molar-refractivity contribution in [2.75, 3.05) is 13.1 Å². The van der Waals surface area contributed by atoms with E-state index in [1.807, 2.05) is 12.1 Å². The number of carbonyl (C=O) groups is 2. The minimum atomic E-state index is -3.53. The van der Waals surface area contributed by atoms with Crippen LogP contribution in [-0.2, 0) is 27.6 Å². The van der Waals surface area contributed by atoms with E-state index < -0.39 is 22.1 Å². The summed E-state index contributed by atoms with van der Waals surface area (Å²) < 4.78 is 32.0. The second-order valence-electron chi connectivity index (χ2n) is 7.88. The van der Waals surface area contributed by atoms with Gasteiger partial charge in [-0.05, 0) is 80.5 Å². The van der Waals surface area contributed by atoms with Crippen molar-refractivity contribution in [3.05, 3.63) is 64.7 Å². The number of sulfonamides is 1. The van der Waals surface area contributed by atoms with Crippen LogP contribution in [-0.4, -0.2) is 43.7 Å². The number of esters is 1. The van der Waals surface area contributed by atoms with Crippen molar-refractivity contribution in [3.8, 4) is 0 Å². The summed E-state index contributed by atoms with van der Waals surface area (Å²) in [6.07, 6.45) is 3.90. The van der Waals surface area contributed by atoms with Crippen LogP contribution in [0.5, 0.6) is 0 Å². The minimum absolute atomic E-state index is 0.156. The van der Waals surface area contributed by atoms with E-state index >= 15 is 0 Å². The van der Waals surface area contributed by atoms with Crippen molar-refractivity contribution in [3.63, 3.8) is 0 Å². The molecular formula is C23H25NO5S. The lowest BCUT2D eigenvalue weighted by Gasteiger charge is -2.16. The van der Waals surface area contributed by atoms with Gasteiger partial charge in [-0.3, -0.25) is 4.79 Å². The molecule has 0 radical (unpaired) electrons. The molecule has 0 bridgehead atoms. The van der Waals surface area contributed by atoms with Crippen LogP contribution in [0.2, 0.25) is 0 Å². The highest BCUT2D eigenvalue weighted by atomic mass is 32.2. The number of hydrogen-bond acceptors (Lipinski definition) is 5. The molecule has 1 saturated heterocycles. The van der Waals surface area contributed by atoms with Crippen molar-refractivity contribution >= 4 is 21.8 Å². The molecule has 1 aliphatic heterocycles. The lowest BCUT2D eigenvalue weighted by molar-refractivity contribution is 0.0318. The maximum atomic E-state index is 12.7. The van der Waals surface area contributed by atoms with Gasteiger partial charge in [0.2, 0.25) is 15.8 Å². The summed E-state index contributed by atoms with van der Waals surface area (Å²) in [6, 6.07) is 11.3. The van der Waals surface area contributed by atoms with Gasteiger partial charge in [-0.25, -0.2) is 13.2 Å². The van der Waals surface area contributed by atoms with Crippen LogP contribution in [0.1, 0.15) is 58.0 Å². The molecule has 1 heterocycles. The van der Waals surface area contributed by atoms with Gasteiger partial charge in [0.1, 0.15) is 0 Å². The lowest BCUT2D eigenvalue weighted by atomic mass is 10.0. The average Bonchev–Trinajstić information content (AvgIpc) is 3.44. The molecule has 6 nitrogen and oxygen atoms in total. The van der Waals surface area contributed by atoms with Gasteiger partial charge in [-0.1, -0.05) is 12.1 Å². The Labute approximate surface area is 176 Å². The molecular weight excluding hydrogens is 402 g/mol. The summed E-state index contributed by atoms with van der Waals surface area (Å²) in [7, 11) is -3.53. The maximum Gasteiger partial charge on any atom is 0.338 e. The molecule has 1 atom stereocenters. The number of ether oxygens (including phenoxy) is 1. The number of fused-ring (bicyclic) bond motifs is 1. The smallest absolute Gasteiger partial charge is 0.338 e. The van der Waals surface area contributed by atoms with Crippen LogP contribution in [0.15, 0.2) is 47.4 Å². The summed E-state index contributed by atoms with van der Waals surface area (Å²) in [5.74, 6) is -0.895. The first kappa shape index (κ1) is 20.8. The maximum absolute atomic E-state index is 12.7. The molecule has 0 saturated carbocycles. The third-order valence-electron chi connectivity index (χ3n) is 5.83. The fourth-order valence-electron chi connectivity index (χ4n) is 4.08. The van der Waals surface area contributed by atoms with E-state index in [9.17, 15) is 18.0 Å². The predicted molar refractivity (Wildman–Crippen MR) is 112 cm³/mol. The Morgan fingerprint density at radius 3 is 2.23 bits per heavy atom. The van der Waals surface area contributed by atoms with Crippen LogP contribution in [0.3, 0.4) is 0 Å². The zero-order valence-electron chi connectivity index (χ0n) is 17.0. The Balaban J connectivity index is 1.42. The molecule has 0 amide bonds. The van der Waals surface area contributed by atoms with E-state index in [1.165, 1.54) is 39.7 Å². The molecule has 7 heteroatoms. The molecule has 4 rings (SSSR count). The van der Waals surface area contributed by atoms with Crippen LogP contribution in [0, 0.1) is 0 Å². The average molecular weight is 428 g/mol. The zero-order valence-corrected chi connectivity index (χ0v) is 17.8. The Morgan fingerprint density at radius 1 is 0.900 bits per heavy atom. The van der Waals surface area contributed by atoms with Gasteiger partial charge in [-0.2, -0.15) is 4.31 Å². The van der Waals surface area contributed by atoms with E-state index in [1.54, 1.807) is 13.0 Å². The number of rotatable bonds is 6. The fourth-order valence-corrected chi connectivity index (χ4v) is 5.60. The molecule has 1 aliphatic carbocycles. The van der Waals surface area contributed by atoms with E-state index in [-0.39, 0.29) is 16.2 Å². The van der Waals surface area contributed by atoms with Crippen molar-refractivity contribution in [2.24, 2.45) is 0 Å². The van der Waals surface area contributed by atoms with E-state index in [4.69, 9.17) is 4.74 Å². The van der Waals surface area contributed by atoms with Gasteiger partial charge >= 0.3 is 5.97 Å². The number of Topliss-reactive ketones (excluding diaryl/α,β-unsaturated/α-hetero) is 1. The van der Waals surface area contributed by atoms with Gasteiger partial charge in [-0.15, -0.1) is 0 Å². The molecule has 0 N–H and O–H groups in total. The monoisotopic (exact) mass is 427 g/mol. The highest BCUT2D eigenvalue weighted by molar-refractivity contribution is 7.89. The van der Waals surface area contributed by atoms with Crippen molar-refractivity contribution in [2.45, 2.75) is 50.0 Å². The Kier molecular flexibility index (Phi) is 5.75. The van der Waals surface area contributed by atoms with Gasteiger partial charge in [0.05, 0.1) is 10.5 Å². The Hall–Kier alpha value is -2.51. The third kappa shape index (κ3) is 4.04. The first-order chi connectivity index (χ1) is 14.4. The number of hydrogen-bond donors (Lipinski definition) is 0. The summed E-state index contributed by atoms with van der Waals surface area (Å²) in [5.41, 5.74) is 3.22. The van der Waals surface area contributed by atoms with Crippen LogP contribution < -0.4 is 0 Å². The van der Waals surface area contributed by atoms with E-state index in [0.717, 1.165) is 32.1 Å². The van der Waals surface area contributed by atoms with E-state index in [0.29, 0.717) is 18.7 Å². The second kappa shape index (κ2) is 8.32. The summed E-state index contributed by atoms with van der Waals surface area (Å²) in [4.78, 5) is 25.3. The van der Waals surface area contributed by atoms with Crippen molar-refractivity contribution in [1.82, 2.24) is 4.31 Å². The second-order valence-corrected chi connectivity index (χ2v) is 9.82. The molecule has 0 spiro atoms. The van der Waals surface area contributed by atoms with E-state index in [2.05, 4.69) is 0 Å². The van der Waals surface area contributed by atoms with Crippen LogP contribution in [0.4, 0.5) is 0 Å². The highest BCUT2D eigenvalue weighted by Crippen LogP contribution is 2.24. The topological polar surface area (TPSA) is 80.8 Å². The molecule has 0 aromatic heterocycles. The predicted octanol–water partition coefficient (Wildman–Crippen LogP) is 3.39. The first-order valence-corrected chi connectivity index (χ1v) is 11.8. The van der Waals surface area contributed by atoms with Gasteiger partial charge < -0.3 is 4.74 Å². The SMILES string of the molecule is CC(OC(=O)c1ccc(S(=O)(=O)N2CCCC2)cc1)C(=O)c1ccc2c(c1)CCC2. The normalized spacial score (nSPS) is 17.5. The minimum Gasteiger partial charge on any atom is -0.451 e. The Morgan fingerprint density at radius 2 is 1.53 bits per heavy atom. The Bertz CT molecular complexity index is 1070. The molecule has 2 aromatic carbocycles. The van der Waals surface area contributed by atoms with Crippen molar-refractivity contribution in [1.29, 1.82) is 0 Å².